The smallest absolute Gasteiger partial charge is 0.267 e. The number of rotatable bonds is 4. The zero-order valence-corrected chi connectivity index (χ0v) is 11.8. The van der Waals surface area contributed by atoms with Gasteiger partial charge in [-0.3, -0.25) is 4.79 Å². The lowest BCUT2D eigenvalue weighted by atomic mass is 10.1. The molecule has 0 bridgehead atoms. The van der Waals surface area contributed by atoms with Gasteiger partial charge in [-0.05, 0) is 36.1 Å². The summed E-state index contributed by atoms with van der Waals surface area (Å²) < 4.78 is 0. The molecule has 0 aliphatic rings. The van der Waals surface area contributed by atoms with Crippen LogP contribution in [0.3, 0.4) is 0 Å². The number of carbonyl (C=O) groups excluding carboxylic acids is 1. The van der Waals surface area contributed by atoms with Crippen LogP contribution in [0.1, 0.15) is 34.0 Å². The molecule has 0 spiro atoms. The maximum absolute atomic E-state index is 11.9. The van der Waals surface area contributed by atoms with Crippen LogP contribution in [-0.2, 0) is 6.42 Å². The fourth-order valence-corrected chi connectivity index (χ4v) is 1.89. The Balaban J connectivity index is 1.99. The Morgan fingerprint density at radius 3 is 2.50 bits per heavy atom. The van der Waals surface area contributed by atoms with E-state index in [0.717, 1.165) is 17.5 Å². The molecular weight excluding hydrogens is 248 g/mol. The molecule has 0 aromatic heterocycles. The molecule has 0 saturated carbocycles. The number of hydrazone groups is 1. The number of amides is 1. The maximum atomic E-state index is 11.9. The lowest BCUT2D eigenvalue weighted by molar-refractivity contribution is 0.0954. The molecule has 102 valence electrons. The lowest BCUT2D eigenvalue weighted by Crippen LogP contribution is -2.18. The van der Waals surface area contributed by atoms with Crippen LogP contribution < -0.4 is 5.43 Å². The van der Waals surface area contributed by atoms with Gasteiger partial charge < -0.3 is 0 Å². The van der Waals surface area contributed by atoms with E-state index in [1.807, 2.05) is 37.3 Å². The first-order chi connectivity index (χ1) is 9.70. The van der Waals surface area contributed by atoms with E-state index in [2.05, 4.69) is 29.6 Å². The molecule has 0 atom stereocenters. The molecular formula is C17H18N2O. The SMILES string of the molecule is CCc1ccc(/C=N/NC(=O)c2ccccc2C)cc1. The van der Waals surface area contributed by atoms with Gasteiger partial charge in [-0.25, -0.2) is 5.43 Å². The topological polar surface area (TPSA) is 41.5 Å². The molecule has 0 aliphatic carbocycles. The van der Waals surface area contributed by atoms with Crippen molar-refractivity contribution >= 4 is 12.1 Å². The van der Waals surface area contributed by atoms with Crippen molar-refractivity contribution in [2.24, 2.45) is 5.10 Å². The predicted octanol–water partition coefficient (Wildman–Crippen LogP) is 3.32. The van der Waals surface area contributed by atoms with E-state index >= 15 is 0 Å². The Hall–Kier alpha value is -2.42. The third kappa shape index (κ3) is 3.54. The minimum atomic E-state index is -0.190. The summed E-state index contributed by atoms with van der Waals surface area (Å²) in [6.07, 6.45) is 2.66. The van der Waals surface area contributed by atoms with Crippen LogP contribution >= 0.6 is 0 Å². The predicted molar refractivity (Wildman–Crippen MR) is 82.1 cm³/mol. The van der Waals surface area contributed by atoms with Crippen molar-refractivity contribution in [3.63, 3.8) is 0 Å². The van der Waals surface area contributed by atoms with E-state index in [4.69, 9.17) is 0 Å². The van der Waals surface area contributed by atoms with E-state index in [0.29, 0.717) is 5.56 Å². The molecule has 2 rings (SSSR count). The van der Waals surface area contributed by atoms with Crippen molar-refractivity contribution in [2.45, 2.75) is 20.3 Å². The fourth-order valence-electron chi connectivity index (χ4n) is 1.89. The summed E-state index contributed by atoms with van der Waals surface area (Å²) in [4.78, 5) is 11.9. The number of nitrogens with zero attached hydrogens (tertiary/aromatic N) is 1. The van der Waals surface area contributed by atoms with Gasteiger partial charge in [0.1, 0.15) is 0 Å². The highest BCUT2D eigenvalue weighted by Gasteiger charge is 2.05. The zero-order valence-electron chi connectivity index (χ0n) is 11.8. The monoisotopic (exact) mass is 266 g/mol. The molecule has 0 saturated heterocycles. The molecule has 2 aromatic rings. The average molecular weight is 266 g/mol. The van der Waals surface area contributed by atoms with Gasteiger partial charge in [-0.1, -0.05) is 49.4 Å². The highest BCUT2D eigenvalue weighted by molar-refractivity contribution is 5.96. The van der Waals surface area contributed by atoms with E-state index in [1.165, 1.54) is 5.56 Å². The van der Waals surface area contributed by atoms with Gasteiger partial charge in [0, 0.05) is 5.56 Å². The van der Waals surface area contributed by atoms with E-state index in [1.54, 1.807) is 12.3 Å². The molecule has 0 unspecified atom stereocenters. The number of benzene rings is 2. The molecule has 20 heavy (non-hydrogen) atoms. The highest BCUT2D eigenvalue weighted by atomic mass is 16.2. The zero-order chi connectivity index (χ0) is 14.4. The Labute approximate surface area is 119 Å². The summed E-state index contributed by atoms with van der Waals surface area (Å²) in [5.41, 5.74) is 6.38. The van der Waals surface area contributed by atoms with Gasteiger partial charge in [0.05, 0.1) is 6.21 Å². The average Bonchev–Trinajstić information content (AvgIpc) is 2.48. The molecule has 3 nitrogen and oxygen atoms in total. The minimum Gasteiger partial charge on any atom is -0.267 e. The van der Waals surface area contributed by atoms with Gasteiger partial charge in [0.25, 0.3) is 5.91 Å². The van der Waals surface area contributed by atoms with Crippen molar-refractivity contribution in [3.05, 3.63) is 70.8 Å². The van der Waals surface area contributed by atoms with Gasteiger partial charge in [-0.2, -0.15) is 5.10 Å². The van der Waals surface area contributed by atoms with E-state index < -0.39 is 0 Å². The summed E-state index contributed by atoms with van der Waals surface area (Å²) in [6, 6.07) is 15.5. The van der Waals surface area contributed by atoms with Crippen molar-refractivity contribution in [1.82, 2.24) is 5.43 Å². The van der Waals surface area contributed by atoms with Gasteiger partial charge in [0.15, 0.2) is 0 Å². The van der Waals surface area contributed by atoms with Crippen LogP contribution in [0.25, 0.3) is 0 Å². The van der Waals surface area contributed by atoms with Gasteiger partial charge >= 0.3 is 0 Å². The molecule has 1 amide bonds. The van der Waals surface area contributed by atoms with Crippen molar-refractivity contribution in [2.75, 3.05) is 0 Å². The third-order valence-corrected chi connectivity index (χ3v) is 3.16. The summed E-state index contributed by atoms with van der Waals surface area (Å²) >= 11 is 0. The van der Waals surface area contributed by atoms with E-state index in [9.17, 15) is 4.79 Å². The lowest BCUT2D eigenvalue weighted by Gasteiger charge is -2.03. The first kappa shape index (κ1) is 14.0. The molecule has 0 aliphatic heterocycles. The number of nitrogens with one attached hydrogen (secondary N) is 1. The Bertz CT molecular complexity index is 615. The number of hydrogen-bond donors (Lipinski definition) is 1. The summed E-state index contributed by atoms with van der Waals surface area (Å²) in [6.45, 7) is 4.02. The van der Waals surface area contributed by atoms with Gasteiger partial charge in [0.2, 0.25) is 0 Å². The Morgan fingerprint density at radius 2 is 1.85 bits per heavy atom. The summed E-state index contributed by atoms with van der Waals surface area (Å²) in [5.74, 6) is -0.190. The molecule has 0 fully saturated rings. The maximum Gasteiger partial charge on any atom is 0.271 e. The Morgan fingerprint density at radius 1 is 1.15 bits per heavy atom. The van der Waals surface area contributed by atoms with Crippen LogP contribution in [0.4, 0.5) is 0 Å². The normalized spacial score (nSPS) is 10.7. The van der Waals surface area contributed by atoms with Crippen LogP contribution in [0.2, 0.25) is 0 Å². The molecule has 2 aromatic carbocycles. The second-order valence-electron chi connectivity index (χ2n) is 4.61. The Kier molecular flexibility index (Phi) is 4.66. The highest BCUT2D eigenvalue weighted by Crippen LogP contribution is 2.06. The quantitative estimate of drug-likeness (QED) is 0.669. The van der Waals surface area contributed by atoms with Crippen LogP contribution in [0.5, 0.6) is 0 Å². The standard InChI is InChI=1S/C17H18N2O/c1-3-14-8-10-15(11-9-14)12-18-19-17(20)16-7-5-4-6-13(16)2/h4-12H,3H2,1-2H3,(H,19,20)/b18-12+. The van der Waals surface area contributed by atoms with E-state index in [-0.39, 0.29) is 5.91 Å². The second kappa shape index (κ2) is 6.66. The fraction of sp³-hybridized carbons (Fsp3) is 0.176. The van der Waals surface area contributed by atoms with Crippen LogP contribution in [0, 0.1) is 6.92 Å². The largest absolute Gasteiger partial charge is 0.271 e. The molecule has 0 radical (unpaired) electrons. The molecule has 0 heterocycles. The van der Waals surface area contributed by atoms with Crippen molar-refractivity contribution in [1.29, 1.82) is 0 Å². The molecule has 1 N–H and O–H groups in total. The summed E-state index contributed by atoms with van der Waals surface area (Å²) in [7, 11) is 0. The van der Waals surface area contributed by atoms with Crippen molar-refractivity contribution < 1.29 is 4.79 Å². The second-order valence-corrected chi connectivity index (χ2v) is 4.61. The van der Waals surface area contributed by atoms with Crippen LogP contribution in [-0.4, -0.2) is 12.1 Å². The number of hydrogen-bond acceptors (Lipinski definition) is 2. The first-order valence-electron chi connectivity index (χ1n) is 6.68. The minimum absolute atomic E-state index is 0.190. The molecule has 3 heteroatoms. The third-order valence-electron chi connectivity index (χ3n) is 3.16. The van der Waals surface area contributed by atoms with Crippen molar-refractivity contribution in [3.8, 4) is 0 Å². The number of aryl methyl sites for hydroxylation is 2. The van der Waals surface area contributed by atoms with Gasteiger partial charge in [-0.15, -0.1) is 0 Å². The summed E-state index contributed by atoms with van der Waals surface area (Å²) in [5, 5.41) is 3.99. The van der Waals surface area contributed by atoms with Crippen LogP contribution in [0.15, 0.2) is 53.6 Å². The number of carbonyl (C=O) groups is 1. The first-order valence-corrected chi connectivity index (χ1v) is 6.68.